The van der Waals surface area contributed by atoms with Crippen molar-refractivity contribution in [2.45, 2.75) is 71.4 Å². The van der Waals surface area contributed by atoms with Gasteiger partial charge in [-0.2, -0.15) is 0 Å². The number of rotatable bonds is 8. The third-order valence-corrected chi connectivity index (χ3v) is 6.07. The van der Waals surface area contributed by atoms with Crippen LogP contribution in [0.4, 0.5) is 0 Å². The van der Waals surface area contributed by atoms with E-state index in [9.17, 15) is 0 Å². The minimum Gasteiger partial charge on any atom is -0.308 e. The van der Waals surface area contributed by atoms with E-state index in [0.717, 1.165) is 19.6 Å². The van der Waals surface area contributed by atoms with E-state index in [1.807, 2.05) is 11.3 Å². The number of nitrogens with one attached hydrogen (secondary N) is 1. The lowest BCUT2D eigenvalue weighted by Gasteiger charge is -2.47. The number of thiophene rings is 1. The van der Waals surface area contributed by atoms with E-state index in [4.69, 9.17) is 0 Å². The fourth-order valence-corrected chi connectivity index (χ4v) is 4.94. The molecule has 1 atom stereocenters. The summed E-state index contributed by atoms with van der Waals surface area (Å²) in [5, 5.41) is 6.17. The summed E-state index contributed by atoms with van der Waals surface area (Å²) < 4.78 is 0. The second-order valence-corrected chi connectivity index (χ2v) is 7.42. The van der Waals surface area contributed by atoms with Gasteiger partial charge in [0.15, 0.2) is 0 Å². The van der Waals surface area contributed by atoms with Crippen LogP contribution in [0.25, 0.3) is 0 Å². The molecule has 0 spiro atoms. The molecule has 2 rings (SSSR count). The van der Waals surface area contributed by atoms with Crippen LogP contribution in [0, 0.1) is 6.92 Å². The first-order valence-corrected chi connectivity index (χ1v) is 9.60. The smallest absolute Gasteiger partial charge is 0.0518 e. The molecular weight excluding hydrogens is 276 g/mol. The van der Waals surface area contributed by atoms with E-state index in [0.29, 0.717) is 11.6 Å². The van der Waals surface area contributed by atoms with Gasteiger partial charge in [0.25, 0.3) is 0 Å². The molecule has 1 heterocycles. The first kappa shape index (κ1) is 17.0. The minimum absolute atomic E-state index is 0.324. The molecule has 0 amide bonds. The molecule has 1 aliphatic carbocycles. The Labute approximate surface area is 134 Å². The third kappa shape index (κ3) is 3.35. The third-order valence-electron chi connectivity index (χ3n) is 5.21. The predicted molar refractivity (Wildman–Crippen MR) is 94.2 cm³/mol. The summed E-state index contributed by atoms with van der Waals surface area (Å²) in [4.78, 5) is 4.21. The molecular formula is C18H32N2S. The van der Waals surface area contributed by atoms with Gasteiger partial charge in [-0.05, 0) is 62.8 Å². The van der Waals surface area contributed by atoms with Gasteiger partial charge < -0.3 is 5.32 Å². The highest BCUT2D eigenvalue weighted by atomic mass is 32.1. The highest BCUT2D eigenvalue weighted by Crippen LogP contribution is 2.45. The second kappa shape index (κ2) is 7.75. The highest BCUT2D eigenvalue weighted by Gasteiger charge is 2.45. The monoisotopic (exact) mass is 308 g/mol. The van der Waals surface area contributed by atoms with Crippen molar-refractivity contribution in [2.75, 3.05) is 19.6 Å². The summed E-state index contributed by atoms with van der Waals surface area (Å²) in [6, 6.07) is 2.85. The Morgan fingerprint density at radius 2 is 1.90 bits per heavy atom. The fraction of sp³-hybridized carbons (Fsp3) is 0.778. The van der Waals surface area contributed by atoms with Gasteiger partial charge in [-0.15, -0.1) is 11.3 Å². The van der Waals surface area contributed by atoms with Crippen LogP contribution in [0.5, 0.6) is 0 Å². The largest absolute Gasteiger partial charge is 0.308 e. The van der Waals surface area contributed by atoms with E-state index >= 15 is 0 Å². The number of hydrogen-bond acceptors (Lipinski definition) is 3. The van der Waals surface area contributed by atoms with Crippen LogP contribution in [0.15, 0.2) is 11.4 Å². The first-order valence-electron chi connectivity index (χ1n) is 8.72. The molecule has 1 aromatic rings. The average molecular weight is 309 g/mol. The summed E-state index contributed by atoms with van der Waals surface area (Å²) in [6.45, 7) is 12.6. The quantitative estimate of drug-likeness (QED) is 0.745. The van der Waals surface area contributed by atoms with Crippen LogP contribution in [-0.4, -0.2) is 30.1 Å². The topological polar surface area (TPSA) is 15.3 Å². The van der Waals surface area contributed by atoms with Gasteiger partial charge in [-0.3, -0.25) is 4.90 Å². The second-order valence-electron chi connectivity index (χ2n) is 6.30. The van der Waals surface area contributed by atoms with Crippen LogP contribution in [0.3, 0.4) is 0 Å². The van der Waals surface area contributed by atoms with Crippen LogP contribution in [0.2, 0.25) is 0 Å². The summed E-state index contributed by atoms with van der Waals surface area (Å²) in [5.41, 5.74) is 1.87. The zero-order valence-electron chi connectivity index (χ0n) is 14.2. The first-order chi connectivity index (χ1) is 10.2. The summed E-state index contributed by atoms with van der Waals surface area (Å²) in [5.74, 6) is 0. The van der Waals surface area contributed by atoms with Crippen LogP contribution in [0.1, 0.15) is 69.4 Å². The minimum atomic E-state index is 0.324. The molecule has 1 unspecified atom stereocenters. The molecule has 0 aromatic carbocycles. The van der Waals surface area contributed by atoms with Crippen molar-refractivity contribution in [3.8, 4) is 0 Å². The van der Waals surface area contributed by atoms with Gasteiger partial charge in [-0.1, -0.05) is 33.6 Å². The zero-order valence-corrected chi connectivity index (χ0v) is 15.1. The number of aryl methyl sites for hydroxylation is 1. The fourth-order valence-electron chi connectivity index (χ4n) is 4.20. The molecule has 0 saturated heterocycles. The van der Waals surface area contributed by atoms with Gasteiger partial charge in [0.05, 0.1) is 6.04 Å². The van der Waals surface area contributed by atoms with Crippen LogP contribution in [-0.2, 0) is 0 Å². The van der Waals surface area contributed by atoms with Crippen molar-refractivity contribution in [1.29, 1.82) is 0 Å². The van der Waals surface area contributed by atoms with Crippen LogP contribution >= 0.6 is 11.3 Å². The Balaban J connectivity index is 2.38. The molecule has 21 heavy (non-hydrogen) atoms. The molecule has 0 aliphatic heterocycles. The van der Waals surface area contributed by atoms with Crippen molar-refractivity contribution in [3.05, 3.63) is 21.9 Å². The number of likely N-dealkylation sites (N-methyl/N-ethyl adjacent to an activating group) is 1. The zero-order chi connectivity index (χ0) is 15.3. The average Bonchev–Trinajstić information content (AvgIpc) is 3.12. The summed E-state index contributed by atoms with van der Waals surface area (Å²) >= 11 is 1.89. The van der Waals surface area contributed by atoms with E-state index in [1.54, 1.807) is 5.56 Å². The Kier molecular flexibility index (Phi) is 6.27. The maximum absolute atomic E-state index is 3.91. The lowest BCUT2D eigenvalue weighted by Crippen LogP contribution is -2.55. The molecule has 120 valence electrons. The van der Waals surface area contributed by atoms with Gasteiger partial charge in [-0.25, -0.2) is 0 Å². The molecule has 3 heteroatoms. The lowest BCUT2D eigenvalue weighted by atomic mass is 9.81. The standard InChI is InChI=1S/C18H32N2S/c1-5-13-19-17(16-10-14-21-15(16)4)18(11-8-9-12-18)20(6-2)7-3/h10,14,17,19H,5-9,11-13H2,1-4H3. The predicted octanol–water partition coefficient (Wildman–Crippen LogP) is 4.75. The highest BCUT2D eigenvalue weighted by molar-refractivity contribution is 7.10. The van der Waals surface area contributed by atoms with Gasteiger partial charge >= 0.3 is 0 Å². The van der Waals surface area contributed by atoms with Crippen LogP contribution < -0.4 is 5.32 Å². The maximum Gasteiger partial charge on any atom is 0.0518 e. The lowest BCUT2D eigenvalue weighted by molar-refractivity contribution is 0.0625. The molecule has 1 aliphatic rings. The van der Waals surface area contributed by atoms with Crippen molar-refractivity contribution in [3.63, 3.8) is 0 Å². The Bertz CT molecular complexity index is 417. The summed E-state index contributed by atoms with van der Waals surface area (Å²) in [7, 11) is 0. The number of nitrogens with zero attached hydrogens (tertiary/aromatic N) is 1. The molecule has 2 nitrogen and oxygen atoms in total. The Morgan fingerprint density at radius 1 is 1.24 bits per heavy atom. The van der Waals surface area contributed by atoms with E-state index < -0.39 is 0 Å². The van der Waals surface area contributed by atoms with Crippen molar-refractivity contribution >= 4 is 11.3 Å². The van der Waals surface area contributed by atoms with E-state index in [-0.39, 0.29) is 0 Å². The molecule has 0 radical (unpaired) electrons. The normalized spacial score (nSPS) is 19.3. The van der Waals surface area contributed by atoms with Gasteiger partial charge in [0.2, 0.25) is 0 Å². The van der Waals surface area contributed by atoms with E-state index in [2.05, 4.69) is 49.4 Å². The maximum atomic E-state index is 3.91. The SMILES string of the molecule is CCCNC(c1ccsc1C)C1(N(CC)CC)CCCC1. The Morgan fingerprint density at radius 3 is 2.38 bits per heavy atom. The molecule has 1 saturated carbocycles. The Hall–Kier alpha value is -0.380. The molecule has 0 bridgehead atoms. The van der Waals surface area contributed by atoms with Gasteiger partial charge in [0.1, 0.15) is 0 Å². The molecule has 1 aromatic heterocycles. The molecule has 1 fully saturated rings. The van der Waals surface area contributed by atoms with Gasteiger partial charge in [0, 0.05) is 10.4 Å². The van der Waals surface area contributed by atoms with E-state index in [1.165, 1.54) is 37.0 Å². The molecule has 1 N–H and O–H groups in total. The van der Waals surface area contributed by atoms with Crippen molar-refractivity contribution in [1.82, 2.24) is 10.2 Å². The summed E-state index contributed by atoms with van der Waals surface area (Å²) in [6.07, 6.45) is 6.64. The number of hydrogen-bond donors (Lipinski definition) is 1. The van der Waals surface area contributed by atoms with Crippen molar-refractivity contribution in [2.24, 2.45) is 0 Å². The van der Waals surface area contributed by atoms with Crippen molar-refractivity contribution < 1.29 is 0 Å².